The number of carbonyl (C=O) groups excluding carboxylic acids is 3. The van der Waals surface area contributed by atoms with Crippen molar-refractivity contribution in [2.45, 2.75) is 32.0 Å². The molecule has 1 aromatic rings. The number of esters is 1. The zero-order valence-corrected chi connectivity index (χ0v) is 13.8. The van der Waals surface area contributed by atoms with Crippen molar-refractivity contribution in [3.05, 3.63) is 35.9 Å². The Morgan fingerprint density at radius 2 is 1.92 bits per heavy atom. The fourth-order valence-electron chi connectivity index (χ4n) is 2.65. The number of ketones is 1. The summed E-state index contributed by atoms with van der Waals surface area (Å²) in [5.74, 6) is -1.11. The van der Waals surface area contributed by atoms with Crippen molar-refractivity contribution in [3.63, 3.8) is 0 Å². The first-order valence-corrected chi connectivity index (χ1v) is 7.75. The molecule has 1 aliphatic heterocycles. The van der Waals surface area contributed by atoms with E-state index in [2.05, 4.69) is 0 Å². The van der Waals surface area contributed by atoms with E-state index in [1.54, 1.807) is 6.92 Å². The van der Waals surface area contributed by atoms with Gasteiger partial charge in [0.25, 0.3) is 0 Å². The summed E-state index contributed by atoms with van der Waals surface area (Å²) < 4.78 is 15.2. The SMILES string of the molecule is CCOC(=O)C1C(=O)C[C@@H](COC)N1C(=O)OCc1ccccc1. The molecule has 0 radical (unpaired) electrons. The Labute approximate surface area is 140 Å². The fourth-order valence-corrected chi connectivity index (χ4v) is 2.65. The van der Waals surface area contributed by atoms with E-state index in [0.717, 1.165) is 10.5 Å². The molecule has 2 rings (SSSR count). The molecule has 24 heavy (non-hydrogen) atoms. The molecule has 1 saturated heterocycles. The lowest BCUT2D eigenvalue weighted by Gasteiger charge is -2.26. The molecular formula is C17H21NO6. The zero-order valence-electron chi connectivity index (χ0n) is 13.8. The summed E-state index contributed by atoms with van der Waals surface area (Å²) in [6, 6.07) is 7.34. The molecule has 1 aliphatic rings. The number of hydrogen-bond donors (Lipinski definition) is 0. The summed E-state index contributed by atoms with van der Waals surface area (Å²) in [5, 5.41) is 0. The van der Waals surface area contributed by atoms with Crippen molar-refractivity contribution >= 4 is 17.8 Å². The Bertz CT molecular complexity index is 588. The van der Waals surface area contributed by atoms with Crippen LogP contribution in [0.15, 0.2) is 30.3 Å². The Morgan fingerprint density at radius 1 is 1.21 bits per heavy atom. The van der Waals surface area contributed by atoms with E-state index in [4.69, 9.17) is 14.2 Å². The average Bonchev–Trinajstić information content (AvgIpc) is 2.90. The van der Waals surface area contributed by atoms with Gasteiger partial charge in [-0.1, -0.05) is 30.3 Å². The molecule has 1 fully saturated rings. The molecule has 1 unspecified atom stereocenters. The minimum absolute atomic E-state index is 0.0394. The first-order chi connectivity index (χ1) is 11.6. The van der Waals surface area contributed by atoms with Crippen LogP contribution in [0.5, 0.6) is 0 Å². The standard InChI is InChI=1S/C17H21NO6/c1-3-23-16(20)15-14(19)9-13(11-22-2)18(15)17(21)24-10-12-7-5-4-6-8-12/h4-8,13,15H,3,9-11H2,1-2H3/t13-,15?/m0/s1. The molecule has 0 aliphatic carbocycles. The molecule has 130 valence electrons. The molecule has 7 nitrogen and oxygen atoms in total. The fraction of sp³-hybridized carbons (Fsp3) is 0.471. The Hall–Kier alpha value is -2.41. The zero-order chi connectivity index (χ0) is 17.5. The van der Waals surface area contributed by atoms with Crippen LogP contribution in [0.4, 0.5) is 4.79 Å². The molecule has 0 spiro atoms. The lowest BCUT2D eigenvalue weighted by molar-refractivity contribution is -0.150. The molecule has 0 aromatic heterocycles. The smallest absolute Gasteiger partial charge is 0.411 e. The van der Waals surface area contributed by atoms with Gasteiger partial charge in [0.1, 0.15) is 6.61 Å². The minimum atomic E-state index is -1.27. The molecule has 1 heterocycles. The molecule has 0 bridgehead atoms. The predicted octanol–water partition coefficient (Wildman–Crippen LogP) is 1.54. The van der Waals surface area contributed by atoms with E-state index in [9.17, 15) is 14.4 Å². The molecule has 7 heteroatoms. The molecule has 2 atom stereocenters. The van der Waals surface area contributed by atoms with E-state index in [0.29, 0.717) is 0 Å². The van der Waals surface area contributed by atoms with Crippen molar-refractivity contribution in [2.75, 3.05) is 20.3 Å². The van der Waals surface area contributed by atoms with E-state index < -0.39 is 24.1 Å². The van der Waals surface area contributed by atoms with E-state index in [-0.39, 0.29) is 32.0 Å². The van der Waals surface area contributed by atoms with Gasteiger partial charge in [-0.15, -0.1) is 0 Å². The van der Waals surface area contributed by atoms with Gasteiger partial charge in [0.05, 0.1) is 19.3 Å². The lowest BCUT2D eigenvalue weighted by Crippen LogP contribution is -2.48. The Kier molecular flexibility index (Phi) is 6.31. The number of carbonyl (C=O) groups is 3. The van der Waals surface area contributed by atoms with Crippen LogP contribution in [0.2, 0.25) is 0 Å². The summed E-state index contributed by atoms with van der Waals surface area (Å²) in [4.78, 5) is 37.8. The Morgan fingerprint density at radius 3 is 2.54 bits per heavy atom. The largest absolute Gasteiger partial charge is 0.464 e. The van der Waals surface area contributed by atoms with E-state index in [1.165, 1.54) is 7.11 Å². The van der Waals surface area contributed by atoms with Crippen LogP contribution < -0.4 is 0 Å². The van der Waals surface area contributed by atoms with Crippen LogP contribution in [-0.2, 0) is 30.4 Å². The highest BCUT2D eigenvalue weighted by molar-refractivity contribution is 6.07. The highest BCUT2D eigenvalue weighted by atomic mass is 16.6. The third kappa shape index (κ3) is 4.11. The number of hydrogen-bond acceptors (Lipinski definition) is 6. The second kappa shape index (κ2) is 8.44. The van der Waals surface area contributed by atoms with Gasteiger partial charge in [-0.25, -0.2) is 9.59 Å². The number of Topliss-reactive ketones (excluding diaryl/α,β-unsaturated/α-hetero) is 1. The maximum absolute atomic E-state index is 12.5. The van der Waals surface area contributed by atoms with Crippen molar-refractivity contribution in [1.29, 1.82) is 0 Å². The van der Waals surface area contributed by atoms with Crippen molar-refractivity contribution < 1.29 is 28.6 Å². The van der Waals surface area contributed by atoms with Gasteiger partial charge in [0, 0.05) is 13.5 Å². The van der Waals surface area contributed by atoms with Crippen molar-refractivity contribution in [2.24, 2.45) is 0 Å². The predicted molar refractivity (Wildman–Crippen MR) is 84.2 cm³/mol. The highest BCUT2D eigenvalue weighted by Gasteiger charge is 2.48. The number of rotatable bonds is 6. The van der Waals surface area contributed by atoms with Gasteiger partial charge in [-0.2, -0.15) is 0 Å². The minimum Gasteiger partial charge on any atom is -0.464 e. The average molecular weight is 335 g/mol. The van der Waals surface area contributed by atoms with E-state index >= 15 is 0 Å². The number of likely N-dealkylation sites (tertiary alicyclic amines) is 1. The highest BCUT2D eigenvalue weighted by Crippen LogP contribution is 2.24. The maximum Gasteiger partial charge on any atom is 0.411 e. The molecule has 0 saturated carbocycles. The topological polar surface area (TPSA) is 82.1 Å². The van der Waals surface area contributed by atoms with Gasteiger partial charge < -0.3 is 14.2 Å². The van der Waals surface area contributed by atoms with E-state index in [1.807, 2.05) is 30.3 Å². The number of amides is 1. The summed E-state index contributed by atoms with van der Waals surface area (Å²) in [6.45, 7) is 1.97. The summed E-state index contributed by atoms with van der Waals surface area (Å²) >= 11 is 0. The van der Waals surface area contributed by atoms with Gasteiger partial charge in [-0.3, -0.25) is 9.69 Å². The molecule has 0 N–H and O–H groups in total. The van der Waals surface area contributed by atoms with Crippen molar-refractivity contribution in [3.8, 4) is 0 Å². The summed E-state index contributed by atoms with van der Waals surface area (Å²) in [7, 11) is 1.47. The van der Waals surface area contributed by atoms with Gasteiger partial charge in [-0.05, 0) is 12.5 Å². The molecule has 1 aromatic carbocycles. The van der Waals surface area contributed by atoms with Crippen LogP contribution in [0.3, 0.4) is 0 Å². The van der Waals surface area contributed by atoms with Crippen LogP contribution in [-0.4, -0.2) is 55.2 Å². The summed E-state index contributed by atoms with van der Waals surface area (Å²) in [5.41, 5.74) is 0.812. The number of benzene rings is 1. The monoisotopic (exact) mass is 335 g/mol. The third-order valence-electron chi connectivity index (χ3n) is 3.70. The number of methoxy groups -OCH3 is 1. The van der Waals surface area contributed by atoms with Crippen LogP contribution in [0.25, 0.3) is 0 Å². The summed E-state index contributed by atoms with van der Waals surface area (Å²) in [6.07, 6.45) is -0.692. The van der Waals surface area contributed by atoms with Crippen molar-refractivity contribution in [1.82, 2.24) is 4.90 Å². The normalized spacial score (nSPS) is 20.1. The molecular weight excluding hydrogens is 314 g/mol. The number of nitrogens with zero attached hydrogens (tertiary/aromatic N) is 1. The first-order valence-electron chi connectivity index (χ1n) is 7.75. The van der Waals surface area contributed by atoms with Gasteiger partial charge in [0.15, 0.2) is 11.8 Å². The molecule has 1 amide bonds. The van der Waals surface area contributed by atoms with Crippen LogP contribution in [0.1, 0.15) is 18.9 Å². The third-order valence-corrected chi connectivity index (χ3v) is 3.70. The second-order valence-corrected chi connectivity index (χ2v) is 5.38. The number of ether oxygens (including phenoxy) is 3. The Balaban J connectivity index is 2.11. The van der Waals surface area contributed by atoms with Gasteiger partial charge in [0.2, 0.25) is 0 Å². The second-order valence-electron chi connectivity index (χ2n) is 5.38. The quantitative estimate of drug-likeness (QED) is 0.579. The van der Waals surface area contributed by atoms with Gasteiger partial charge >= 0.3 is 12.1 Å². The maximum atomic E-state index is 12.5. The lowest BCUT2D eigenvalue weighted by atomic mass is 10.2. The van der Waals surface area contributed by atoms with Crippen LogP contribution >= 0.6 is 0 Å². The first kappa shape index (κ1) is 17.9. The van der Waals surface area contributed by atoms with Crippen LogP contribution in [0, 0.1) is 0 Å².